The van der Waals surface area contributed by atoms with Crippen molar-refractivity contribution in [3.63, 3.8) is 0 Å². The van der Waals surface area contributed by atoms with Gasteiger partial charge in [0, 0.05) is 11.6 Å². The predicted molar refractivity (Wildman–Crippen MR) is 41.7 cm³/mol. The molecule has 0 atom stereocenters. The number of aliphatic hydroxyl groups is 1. The highest BCUT2D eigenvalue weighted by Gasteiger charge is 2.20. The van der Waals surface area contributed by atoms with Crippen molar-refractivity contribution in [3.8, 4) is 0 Å². The van der Waals surface area contributed by atoms with Crippen molar-refractivity contribution in [2.75, 3.05) is 0 Å². The summed E-state index contributed by atoms with van der Waals surface area (Å²) < 4.78 is 0. The fraction of sp³-hybridized carbons (Fsp3) is 0.429. The lowest BCUT2D eigenvalue weighted by Crippen LogP contribution is -2.92. The second-order valence-corrected chi connectivity index (χ2v) is 3.11. The summed E-state index contributed by atoms with van der Waals surface area (Å²) in [6, 6.07) is 0. The van der Waals surface area contributed by atoms with E-state index in [9.17, 15) is 5.11 Å². The minimum absolute atomic E-state index is 0.629. The monoisotopic (exact) mass is 156 g/mol. The van der Waals surface area contributed by atoms with Gasteiger partial charge >= 0.3 is 0 Å². The van der Waals surface area contributed by atoms with Crippen LogP contribution in [0.4, 0.5) is 0 Å². The molecule has 1 heterocycles. The van der Waals surface area contributed by atoms with Crippen LogP contribution in [0.5, 0.6) is 0 Å². The van der Waals surface area contributed by atoms with Crippen LogP contribution in [0.1, 0.15) is 13.8 Å². The second-order valence-electron chi connectivity index (χ2n) is 3.11. The Morgan fingerprint density at radius 2 is 2.27 bits per heavy atom. The van der Waals surface area contributed by atoms with E-state index in [1.165, 1.54) is 0 Å². The molecule has 0 saturated carbocycles. The number of nitrogens with one attached hydrogen (secondary N) is 1. The van der Waals surface area contributed by atoms with E-state index < -0.39 is 5.60 Å². The topological polar surface area (TPSA) is 74.9 Å². The van der Waals surface area contributed by atoms with Gasteiger partial charge in [-0.1, -0.05) is 0 Å². The molecular weight excluding hydrogens is 142 g/mol. The second kappa shape index (κ2) is 2.56. The van der Waals surface area contributed by atoms with Gasteiger partial charge in [-0.25, -0.2) is 10.9 Å². The number of rotatable bonds is 1. The Labute approximate surface area is 65.7 Å². The van der Waals surface area contributed by atoms with Crippen molar-refractivity contribution in [1.29, 1.82) is 0 Å². The third-order valence-corrected chi connectivity index (χ3v) is 1.52. The molecule has 1 rings (SSSR count). The summed E-state index contributed by atoms with van der Waals surface area (Å²) in [6.45, 7) is 3.44. The summed E-state index contributed by atoms with van der Waals surface area (Å²) in [5, 5.41) is 9.54. The minimum atomic E-state index is -0.828. The van der Waals surface area contributed by atoms with Gasteiger partial charge in [0.1, 0.15) is 0 Å². The summed E-state index contributed by atoms with van der Waals surface area (Å²) in [6.07, 6.45) is 3.48. The van der Waals surface area contributed by atoms with Gasteiger partial charge in [-0.2, -0.15) is 0 Å². The number of hydrogen-bond donors (Lipinski definition) is 4. The van der Waals surface area contributed by atoms with E-state index in [1.807, 2.05) is 0 Å². The number of hydrogen-bond acceptors (Lipinski definition) is 3. The van der Waals surface area contributed by atoms with E-state index in [1.54, 1.807) is 31.5 Å². The van der Waals surface area contributed by atoms with Gasteiger partial charge < -0.3 is 10.8 Å². The summed E-state index contributed by atoms with van der Waals surface area (Å²) in [5.41, 5.74) is 10.0. The Hall–Kier alpha value is -1.00. The zero-order valence-corrected chi connectivity index (χ0v) is 6.76. The first-order valence-corrected chi connectivity index (χ1v) is 3.49. The lowest BCUT2D eigenvalue weighted by Gasteiger charge is -2.20. The first kappa shape index (κ1) is 8.10. The van der Waals surface area contributed by atoms with Gasteiger partial charge in [0.2, 0.25) is 5.82 Å². The average molecular weight is 156 g/mol. The van der Waals surface area contributed by atoms with Crippen molar-refractivity contribution in [2.24, 2.45) is 5.73 Å². The molecule has 11 heavy (non-hydrogen) atoms. The van der Waals surface area contributed by atoms with E-state index in [4.69, 9.17) is 5.73 Å². The molecular formula is C7H14N3O+. The molecule has 0 saturated heterocycles. The van der Waals surface area contributed by atoms with Gasteiger partial charge in [-0.05, 0) is 13.8 Å². The fourth-order valence-electron chi connectivity index (χ4n) is 0.844. The van der Waals surface area contributed by atoms with Crippen LogP contribution < -0.4 is 16.6 Å². The Kier molecular flexibility index (Phi) is 1.89. The van der Waals surface area contributed by atoms with Crippen LogP contribution in [0.25, 0.3) is 0 Å². The summed E-state index contributed by atoms with van der Waals surface area (Å²) >= 11 is 0. The van der Waals surface area contributed by atoms with Crippen molar-refractivity contribution in [3.05, 3.63) is 23.7 Å². The van der Waals surface area contributed by atoms with E-state index in [2.05, 4.69) is 5.43 Å². The molecule has 0 spiro atoms. The zero-order valence-electron chi connectivity index (χ0n) is 6.76. The molecule has 0 unspecified atom stereocenters. The van der Waals surface area contributed by atoms with Crippen molar-refractivity contribution in [2.45, 2.75) is 19.4 Å². The van der Waals surface area contributed by atoms with Gasteiger partial charge in [-0.3, -0.25) is 0 Å². The van der Waals surface area contributed by atoms with E-state index in [0.717, 1.165) is 5.57 Å². The molecule has 0 radical (unpaired) electrons. The fourth-order valence-corrected chi connectivity index (χ4v) is 0.844. The van der Waals surface area contributed by atoms with E-state index in [-0.39, 0.29) is 0 Å². The maximum Gasteiger partial charge on any atom is 0.220 e. The molecule has 0 aromatic rings. The molecule has 4 heteroatoms. The van der Waals surface area contributed by atoms with Crippen LogP contribution >= 0.6 is 0 Å². The van der Waals surface area contributed by atoms with Gasteiger partial charge in [0.25, 0.3) is 0 Å². The van der Waals surface area contributed by atoms with Crippen LogP contribution in [0.3, 0.4) is 0 Å². The predicted octanol–water partition coefficient (Wildman–Crippen LogP) is -1.48. The van der Waals surface area contributed by atoms with Crippen LogP contribution in [-0.4, -0.2) is 10.7 Å². The Bertz CT molecular complexity index is 212. The Morgan fingerprint density at radius 3 is 2.64 bits per heavy atom. The Balaban J connectivity index is 2.82. The molecule has 0 aromatic heterocycles. The van der Waals surface area contributed by atoms with Gasteiger partial charge in [0.05, 0.1) is 11.8 Å². The zero-order chi connectivity index (χ0) is 8.48. The maximum absolute atomic E-state index is 9.54. The maximum atomic E-state index is 9.54. The average Bonchev–Trinajstić information content (AvgIpc) is 1.86. The normalized spacial score (nSPS) is 18.5. The van der Waals surface area contributed by atoms with Crippen LogP contribution in [0.15, 0.2) is 23.7 Å². The molecule has 4 nitrogen and oxygen atoms in total. The Morgan fingerprint density at radius 1 is 1.64 bits per heavy atom. The van der Waals surface area contributed by atoms with E-state index >= 15 is 0 Å². The largest absolute Gasteiger partial charge is 0.386 e. The molecule has 0 amide bonds. The highest BCUT2D eigenvalue weighted by Crippen LogP contribution is 2.16. The van der Waals surface area contributed by atoms with Crippen molar-refractivity contribution >= 4 is 0 Å². The van der Waals surface area contributed by atoms with Crippen molar-refractivity contribution in [1.82, 2.24) is 5.43 Å². The molecule has 62 valence electrons. The first-order chi connectivity index (χ1) is 5.00. The molecule has 0 bridgehead atoms. The van der Waals surface area contributed by atoms with Gasteiger partial charge in [0.15, 0.2) is 0 Å². The highest BCUT2D eigenvalue weighted by molar-refractivity contribution is 5.27. The molecule has 0 aliphatic carbocycles. The molecule has 1 aliphatic rings. The van der Waals surface area contributed by atoms with Crippen LogP contribution in [-0.2, 0) is 0 Å². The van der Waals surface area contributed by atoms with Crippen LogP contribution in [0, 0.1) is 0 Å². The molecule has 1 aliphatic heterocycles. The molecule has 0 aromatic carbocycles. The first-order valence-electron chi connectivity index (χ1n) is 3.49. The summed E-state index contributed by atoms with van der Waals surface area (Å²) in [7, 11) is 0. The lowest BCUT2D eigenvalue weighted by molar-refractivity contribution is -0.659. The molecule has 6 N–H and O–H groups in total. The smallest absolute Gasteiger partial charge is 0.220 e. The SMILES string of the molecule is CC(C)(O)C1=CN[NH2+]C(N)=C1. The summed E-state index contributed by atoms with van der Waals surface area (Å²) in [4.78, 5) is 0. The lowest BCUT2D eigenvalue weighted by atomic mass is 9.98. The molecule has 0 fully saturated rings. The quantitative estimate of drug-likeness (QED) is 0.350. The number of quaternary nitrogens is 1. The minimum Gasteiger partial charge on any atom is -0.386 e. The third-order valence-electron chi connectivity index (χ3n) is 1.52. The van der Waals surface area contributed by atoms with Crippen LogP contribution in [0.2, 0.25) is 0 Å². The van der Waals surface area contributed by atoms with Crippen molar-refractivity contribution < 1.29 is 10.5 Å². The number of nitrogens with two attached hydrogens (primary N) is 2. The highest BCUT2D eigenvalue weighted by atomic mass is 16.3. The summed E-state index contributed by atoms with van der Waals surface area (Å²) in [5.74, 6) is 0.629. The van der Waals surface area contributed by atoms with Gasteiger partial charge in [-0.15, -0.1) is 0 Å². The standard InChI is InChI=1S/C7H13N3O/c1-7(2,11)5-3-6(8)10-9-4-5/h3-4,9-11H,8H2,1-2H3/p+1. The van der Waals surface area contributed by atoms with E-state index in [0.29, 0.717) is 5.82 Å². The third kappa shape index (κ3) is 1.96.